The summed E-state index contributed by atoms with van der Waals surface area (Å²) in [4.78, 5) is 23.6. The first kappa shape index (κ1) is 24.0. The minimum absolute atomic E-state index is 0. The first-order chi connectivity index (χ1) is 13.1. The van der Waals surface area contributed by atoms with Crippen LogP contribution in [0.5, 0.6) is 11.5 Å². The average molecular weight is 414 g/mol. The second-order valence-corrected chi connectivity index (χ2v) is 6.74. The number of methoxy groups -OCH3 is 1. The summed E-state index contributed by atoms with van der Waals surface area (Å²) < 4.78 is 10.8. The molecule has 0 radical (unpaired) electrons. The Morgan fingerprint density at radius 1 is 1.14 bits per heavy atom. The maximum atomic E-state index is 12.1. The van der Waals surface area contributed by atoms with Crippen molar-refractivity contribution in [3.8, 4) is 11.5 Å². The molecule has 2 amide bonds. The Morgan fingerprint density at radius 2 is 1.89 bits per heavy atom. The van der Waals surface area contributed by atoms with Crippen molar-refractivity contribution in [1.82, 2.24) is 16.0 Å². The highest BCUT2D eigenvalue weighted by atomic mass is 35.5. The first-order valence-corrected chi connectivity index (χ1v) is 9.66. The molecule has 1 aliphatic heterocycles. The van der Waals surface area contributed by atoms with Crippen molar-refractivity contribution < 1.29 is 19.1 Å². The van der Waals surface area contributed by atoms with Crippen LogP contribution in [0.15, 0.2) is 18.2 Å². The molecule has 1 fully saturated rings. The van der Waals surface area contributed by atoms with Crippen LogP contribution in [0.2, 0.25) is 0 Å². The highest BCUT2D eigenvalue weighted by Gasteiger charge is 2.14. The Hall–Kier alpha value is -1.99. The van der Waals surface area contributed by atoms with E-state index < -0.39 is 0 Å². The molecular weight excluding hydrogens is 382 g/mol. The van der Waals surface area contributed by atoms with Gasteiger partial charge in [0.15, 0.2) is 18.1 Å². The van der Waals surface area contributed by atoms with Gasteiger partial charge in [-0.2, -0.15) is 0 Å². The van der Waals surface area contributed by atoms with Crippen LogP contribution in [0.4, 0.5) is 0 Å². The third kappa shape index (κ3) is 8.35. The second-order valence-electron chi connectivity index (χ2n) is 6.74. The smallest absolute Gasteiger partial charge is 0.257 e. The predicted octanol–water partition coefficient (Wildman–Crippen LogP) is 2.03. The van der Waals surface area contributed by atoms with Gasteiger partial charge in [-0.3, -0.25) is 9.59 Å². The molecule has 158 valence electrons. The minimum Gasteiger partial charge on any atom is -0.493 e. The number of piperidine rings is 1. The van der Waals surface area contributed by atoms with E-state index >= 15 is 0 Å². The molecule has 2 rings (SSSR count). The van der Waals surface area contributed by atoms with Gasteiger partial charge in [0.1, 0.15) is 0 Å². The van der Waals surface area contributed by atoms with E-state index in [0.717, 1.165) is 37.9 Å². The van der Waals surface area contributed by atoms with E-state index in [0.29, 0.717) is 36.9 Å². The normalized spacial score (nSPS) is 13.9. The summed E-state index contributed by atoms with van der Waals surface area (Å²) in [7, 11) is 1.55. The monoisotopic (exact) mass is 413 g/mol. The Bertz CT molecular complexity index is 621. The zero-order valence-electron chi connectivity index (χ0n) is 16.7. The largest absolute Gasteiger partial charge is 0.493 e. The van der Waals surface area contributed by atoms with Crippen LogP contribution >= 0.6 is 12.4 Å². The summed E-state index contributed by atoms with van der Waals surface area (Å²) in [6.45, 7) is 4.92. The molecule has 0 spiro atoms. The molecule has 0 aromatic heterocycles. The molecule has 0 atom stereocenters. The van der Waals surface area contributed by atoms with Gasteiger partial charge < -0.3 is 25.4 Å². The fraction of sp³-hybridized carbons (Fsp3) is 0.600. The topological polar surface area (TPSA) is 88.7 Å². The highest BCUT2D eigenvalue weighted by molar-refractivity contribution is 5.85. The zero-order valence-corrected chi connectivity index (χ0v) is 17.5. The van der Waals surface area contributed by atoms with Crippen molar-refractivity contribution in [2.75, 3.05) is 33.4 Å². The molecule has 0 unspecified atom stereocenters. The van der Waals surface area contributed by atoms with Gasteiger partial charge >= 0.3 is 0 Å². The molecule has 3 N–H and O–H groups in total. The van der Waals surface area contributed by atoms with Gasteiger partial charge in [0.05, 0.1) is 7.11 Å². The van der Waals surface area contributed by atoms with E-state index in [4.69, 9.17) is 9.47 Å². The molecule has 1 aromatic rings. The number of hydrogen-bond donors (Lipinski definition) is 3. The quantitative estimate of drug-likeness (QED) is 0.546. The lowest BCUT2D eigenvalue weighted by Crippen LogP contribution is -2.29. The number of hydrogen-bond acceptors (Lipinski definition) is 5. The van der Waals surface area contributed by atoms with Gasteiger partial charge in [0, 0.05) is 19.5 Å². The summed E-state index contributed by atoms with van der Waals surface area (Å²) in [5, 5.41) is 8.98. The number of nitrogens with one attached hydrogen (secondary N) is 3. The lowest BCUT2D eigenvalue weighted by Gasteiger charge is -2.22. The number of amides is 2. The van der Waals surface area contributed by atoms with Crippen LogP contribution in [0.25, 0.3) is 0 Å². The fourth-order valence-corrected chi connectivity index (χ4v) is 3.13. The van der Waals surface area contributed by atoms with Crippen LogP contribution in [-0.2, 0) is 16.1 Å². The molecule has 1 aromatic carbocycles. The fourth-order valence-electron chi connectivity index (χ4n) is 3.13. The van der Waals surface area contributed by atoms with E-state index in [-0.39, 0.29) is 30.8 Å². The molecule has 1 saturated heterocycles. The molecular formula is C20H32ClN3O4. The number of halogens is 1. The zero-order chi connectivity index (χ0) is 19.5. The van der Waals surface area contributed by atoms with Gasteiger partial charge in [-0.1, -0.05) is 6.07 Å². The summed E-state index contributed by atoms with van der Waals surface area (Å²) in [5.74, 6) is 1.60. The van der Waals surface area contributed by atoms with E-state index in [1.807, 2.05) is 19.1 Å². The number of likely N-dealkylation sites (N-methyl/N-ethyl adjacent to an activating group) is 1. The van der Waals surface area contributed by atoms with Gasteiger partial charge in [-0.15, -0.1) is 12.4 Å². The Labute approximate surface area is 173 Å². The van der Waals surface area contributed by atoms with Gasteiger partial charge in [-0.05, 0) is 62.9 Å². The summed E-state index contributed by atoms with van der Waals surface area (Å²) in [6, 6.07) is 5.44. The van der Waals surface area contributed by atoms with Crippen molar-refractivity contribution in [3.05, 3.63) is 23.8 Å². The minimum atomic E-state index is -0.176. The maximum absolute atomic E-state index is 12.1. The van der Waals surface area contributed by atoms with Crippen molar-refractivity contribution in [3.63, 3.8) is 0 Å². The Morgan fingerprint density at radius 3 is 2.57 bits per heavy atom. The lowest BCUT2D eigenvalue weighted by atomic mass is 9.93. The van der Waals surface area contributed by atoms with Gasteiger partial charge in [-0.25, -0.2) is 0 Å². The number of ether oxygens (including phenoxy) is 2. The molecule has 7 nitrogen and oxygen atoms in total. The number of carbonyl (C=O) groups excluding carboxylic acids is 2. The number of benzene rings is 1. The Balaban J connectivity index is 0.00000392. The van der Waals surface area contributed by atoms with Crippen molar-refractivity contribution in [2.45, 2.75) is 39.2 Å². The Kier molecular flexibility index (Phi) is 11.4. The van der Waals surface area contributed by atoms with Crippen LogP contribution in [0.1, 0.15) is 38.2 Å². The molecule has 1 aliphatic rings. The molecule has 0 saturated carbocycles. The molecule has 0 aliphatic carbocycles. The van der Waals surface area contributed by atoms with Crippen LogP contribution in [0, 0.1) is 5.92 Å². The van der Waals surface area contributed by atoms with E-state index in [1.54, 1.807) is 13.2 Å². The molecule has 8 heteroatoms. The summed E-state index contributed by atoms with van der Waals surface area (Å²) >= 11 is 0. The molecule has 0 bridgehead atoms. The van der Waals surface area contributed by atoms with Crippen LogP contribution in [-0.4, -0.2) is 45.2 Å². The van der Waals surface area contributed by atoms with Crippen molar-refractivity contribution >= 4 is 24.2 Å². The van der Waals surface area contributed by atoms with Crippen LogP contribution in [0.3, 0.4) is 0 Å². The number of rotatable bonds is 10. The average Bonchev–Trinajstić information content (AvgIpc) is 2.70. The van der Waals surface area contributed by atoms with Gasteiger partial charge in [0.2, 0.25) is 5.91 Å². The molecule has 1 heterocycles. The first-order valence-electron chi connectivity index (χ1n) is 9.66. The second kappa shape index (κ2) is 13.2. The summed E-state index contributed by atoms with van der Waals surface area (Å²) in [6.07, 6.45) is 3.82. The van der Waals surface area contributed by atoms with Crippen molar-refractivity contribution in [2.24, 2.45) is 5.92 Å². The molecule has 28 heavy (non-hydrogen) atoms. The third-order valence-corrected chi connectivity index (χ3v) is 4.69. The standard InChI is InChI=1S/C20H31N3O4.ClH/c1-3-22-20(25)14-27-17-6-4-16(12-18(17)26-2)13-23-19(24)7-5-15-8-10-21-11-9-15;/h4,6,12,15,21H,3,5,7-11,13-14H2,1-2H3,(H,22,25)(H,23,24);1H. The SMILES string of the molecule is CCNC(=O)COc1ccc(CNC(=O)CCC2CCNCC2)cc1OC.Cl. The van der Waals surface area contributed by atoms with E-state index in [2.05, 4.69) is 16.0 Å². The maximum Gasteiger partial charge on any atom is 0.257 e. The summed E-state index contributed by atoms with van der Waals surface area (Å²) in [5.41, 5.74) is 0.924. The lowest BCUT2D eigenvalue weighted by molar-refractivity contribution is -0.123. The predicted molar refractivity (Wildman–Crippen MR) is 111 cm³/mol. The van der Waals surface area contributed by atoms with Crippen LogP contribution < -0.4 is 25.4 Å². The number of carbonyl (C=O) groups is 2. The highest BCUT2D eigenvalue weighted by Crippen LogP contribution is 2.28. The van der Waals surface area contributed by atoms with E-state index in [1.165, 1.54) is 0 Å². The third-order valence-electron chi connectivity index (χ3n) is 4.69. The van der Waals surface area contributed by atoms with Gasteiger partial charge in [0.25, 0.3) is 5.91 Å². The van der Waals surface area contributed by atoms with Crippen molar-refractivity contribution in [1.29, 1.82) is 0 Å². The van der Waals surface area contributed by atoms with E-state index in [9.17, 15) is 9.59 Å².